The van der Waals surface area contributed by atoms with Crippen LogP contribution in [0.3, 0.4) is 0 Å². The average Bonchev–Trinajstić information content (AvgIpc) is 3.43. The molecule has 0 radical (unpaired) electrons. The zero-order valence-corrected chi connectivity index (χ0v) is 20.0. The Hall–Kier alpha value is -3.72. The van der Waals surface area contributed by atoms with Crippen molar-refractivity contribution in [2.24, 2.45) is 0 Å². The molecule has 2 aromatic carbocycles. The summed E-state index contributed by atoms with van der Waals surface area (Å²) < 4.78 is 8.23. The molecule has 3 heterocycles. The third-order valence-corrected chi connectivity index (χ3v) is 6.49. The number of hydrogen-bond donors (Lipinski definition) is 0. The van der Waals surface area contributed by atoms with Crippen LogP contribution in [-0.2, 0) is 17.7 Å². The molecule has 0 N–H and O–H groups in total. The van der Waals surface area contributed by atoms with E-state index in [1.54, 1.807) is 12.4 Å². The van der Waals surface area contributed by atoms with E-state index in [4.69, 9.17) is 4.52 Å². The second kappa shape index (κ2) is 8.90. The van der Waals surface area contributed by atoms with Crippen LogP contribution in [0.4, 0.5) is 0 Å². The van der Waals surface area contributed by atoms with Gasteiger partial charge in [-0.1, -0.05) is 92.3 Å². The van der Waals surface area contributed by atoms with Crippen molar-refractivity contribution < 1.29 is 4.52 Å². The van der Waals surface area contributed by atoms with Crippen LogP contribution in [0.2, 0.25) is 0 Å². The summed E-state index contributed by atoms with van der Waals surface area (Å²) in [4.78, 5) is 21.8. The minimum atomic E-state index is -0.284. The van der Waals surface area contributed by atoms with Gasteiger partial charge in [0, 0.05) is 23.7 Å². The Morgan fingerprint density at radius 2 is 1.79 bits per heavy atom. The van der Waals surface area contributed by atoms with Gasteiger partial charge in [-0.15, -0.1) is 5.10 Å². The van der Waals surface area contributed by atoms with Gasteiger partial charge in [0.1, 0.15) is 11.6 Å². The van der Waals surface area contributed by atoms with E-state index >= 15 is 0 Å². The van der Waals surface area contributed by atoms with Crippen molar-refractivity contribution in [3.05, 3.63) is 94.5 Å². The molecule has 0 bridgehead atoms. The van der Waals surface area contributed by atoms with Crippen LogP contribution in [0.1, 0.15) is 37.8 Å². The van der Waals surface area contributed by atoms with Crippen molar-refractivity contribution >= 4 is 17.4 Å². The number of hydrogen-bond acceptors (Lipinski definition) is 7. The highest BCUT2D eigenvalue weighted by atomic mass is 32.2. The lowest BCUT2D eigenvalue weighted by Gasteiger charge is -2.18. The molecule has 172 valence electrons. The SMILES string of the molecule is CC(C)(C)c1ccc(-c2noc(Cn3nc4c(SCc5ccccc5)nccn4c3=O)n2)cc1. The molecule has 0 spiro atoms. The Labute approximate surface area is 200 Å². The smallest absolute Gasteiger partial charge is 0.337 e. The van der Waals surface area contributed by atoms with Gasteiger partial charge >= 0.3 is 5.69 Å². The van der Waals surface area contributed by atoms with Crippen molar-refractivity contribution in [2.45, 2.75) is 43.5 Å². The summed E-state index contributed by atoms with van der Waals surface area (Å²) in [6, 6.07) is 18.2. The predicted octanol–water partition coefficient (Wildman–Crippen LogP) is 4.58. The molecule has 0 saturated heterocycles. The highest BCUT2D eigenvalue weighted by Crippen LogP contribution is 2.25. The molecular weight excluding hydrogens is 448 g/mol. The van der Waals surface area contributed by atoms with Gasteiger partial charge in [0.15, 0.2) is 5.65 Å². The van der Waals surface area contributed by atoms with Crippen molar-refractivity contribution in [3.8, 4) is 11.4 Å². The summed E-state index contributed by atoms with van der Waals surface area (Å²) >= 11 is 1.54. The van der Waals surface area contributed by atoms with Crippen molar-refractivity contribution in [1.82, 2.24) is 29.3 Å². The van der Waals surface area contributed by atoms with Crippen LogP contribution in [0.15, 0.2) is 81.3 Å². The molecule has 3 aromatic heterocycles. The molecular formula is C25H24N6O2S. The van der Waals surface area contributed by atoms with Gasteiger partial charge in [0.2, 0.25) is 11.7 Å². The van der Waals surface area contributed by atoms with Gasteiger partial charge in [-0.3, -0.25) is 0 Å². The molecule has 0 atom stereocenters. The summed E-state index contributed by atoms with van der Waals surface area (Å²) in [5, 5.41) is 9.27. The molecule has 8 nitrogen and oxygen atoms in total. The summed E-state index contributed by atoms with van der Waals surface area (Å²) in [5.74, 6) is 1.52. The van der Waals surface area contributed by atoms with Crippen LogP contribution in [0.5, 0.6) is 0 Å². The third kappa shape index (κ3) is 4.51. The Bertz CT molecular complexity index is 1480. The first-order chi connectivity index (χ1) is 16.4. The zero-order valence-electron chi connectivity index (χ0n) is 19.2. The van der Waals surface area contributed by atoms with E-state index in [0.717, 1.165) is 11.3 Å². The summed E-state index contributed by atoms with van der Waals surface area (Å²) in [7, 11) is 0. The first-order valence-corrected chi connectivity index (χ1v) is 11.9. The topological polar surface area (TPSA) is 91.1 Å². The van der Waals surface area contributed by atoms with Gasteiger partial charge in [0.05, 0.1) is 0 Å². The molecule has 0 aliphatic heterocycles. The zero-order chi connectivity index (χ0) is 23.7. The summed E-state index contributed by atoms with van der Waals surface area (Å²) in [5.41, 5.74) is 3.55. The maximum absolute atomic E-state index is 12.9. The average molecular weight is 473 g/mol. The highest BCUT2D eigenvalue weighted by Gasteiger charge is 2.17. The van der Waals surface area contributed by atoms with Gasteiger partial charge in [-0.05, 0) is 16.5 Å². The Balaban J connectivity index is 1.37. The summed E-state index contributed by atoms with van der Waals surface area (Å²) in [6.45, 7) is 6.59. The lowest BCUT2D eigenvalue weighted by Crippen LogP contribution is -2.21. The van der Waals surface area contributed by atoms with Gasteiger partial charge in [-0.25, -0.2) is 18.9 Å². The van der Waals surface area contributed by atoms with Crippen molar-refractivity contribution in [3.63, 3.8) is 0 Å². The fourth-order valence-corrected chi connectivity index (χ4v) is 4.44. The molecule has 0 amide bonds. The Morgan fingerprint density at radius 3 is 2.53 bits per heavy atom. The number of rotatable bonds is 6. The monoisotopic (exact) mass is 472 g/mol. The van der Waals surface area contributed by atoms with Crippen LogP contribution in [0, 0.1) is 0 Å². The molecule has 0 aliphatic carbocycles. The number of thioether (sulfide) groups is 1. The van der Waals surface area contributed by atoms with E-state index in [1.807, 2.05) is 30.3 Å². The number of fused-ring (bicyclic) bond motifs is 1. The molecule has 34 heavy (non-hydrogen) atoms. The Kier molecular flexibility index (Phi) is 5.79. The molecule has 5 aromatic rings. The van der Waals surface area contributed by atoms with Crippen molar-refractivity contribution in [2.75, 3.05) is 0 Å². The third-order valence-electron chi connectivity index (χ3n) is 5.45. The van der Waals surface area contributed by atoms with Gasteiger partial charge < -0.3 is 4.52 Å². The fraction of sp³-hybridized carbons (Fsp3) is 0.240. The number of nitrogens with zero attached hydrogens (tertiary/aromatic N) is 6. The van der Waals surface area contributed by atoms with Gasteiger partial charge in [-0.2, -0.15) is 4.98 Å². The van der Waals surface area contributed by atoms with Crippen LogP contribution in [-0.4, -0.2) is 29.3 Å². The Morgan fingerprint density at radius 1 is 1.03 bits per heavy atom. The minimum Gasteiger partial charge on any atom is -0.337 e. The normalized spacial score (nSPS) is 11.9. The first kappa shape index (κ1) is 22.1. The lowest BCUT2D eigenvalue weighted by atomic mass is 9.87. The molecule has 0 saturated carbocycles. The largest absolute Gasteiger partial charge is 0.350 e. The van der Waals surface area contributed by atoms with Crippen LogP contribution in [0.25, 0.3) is 17.0 Å². The van der Waals surface area contributed by atoms with E-state index in [2.05, 4.69) is 65.3 Å². The quantitative estimate of drug-likeness (QED) is 0.334. The standard InChI is InChI=1S/C25H24N6O2S/c1-25(2,3)19-11-9-18(10-12-19)21-27-20(33-29-21)15-31-24(32)30-14-13-26-23(22(30)28-31)34-16-17-7-5-4-6-8-17/h4-14H,15-16H2,1-3H3. The first-order valence-electron chi connectivity index (χ1n) is 10.9. The summed E-state index contributed by atoms with van der Waals surface area (Å²) in [6.07, 6.45) is 3.23. The van der Waals surface area contributed by atoms with Gasteiger partial charge in [0.25, 0.3) is 0 Å². The second-order valence-corrected chi connectivity index (χ2v) is 9.94. The van der Waals surface area contributed by atoms with E-state index in [9.17, 15) is 4.79 Å². The maximum atomic E-state index is 12.9. The van der Waals surface area contributed by atoms with Crippen LogP contribution < -0.4 is 5.69 Å². The predicted molar refractivity (Wildman–Crippen MR) is 131 cm³/mol. The lowest BCUT2D eigenvalue weighted by molar-refractivity contribution is 0.364. The maximum Gasteiger partial charge on any atom is 0.350 e. The molecule has 0 unspecified atom stereocenters. The fourth-order valence-electron chi connectivity index (χ4n) is 3.54. The number of aromatic nitrogens is 6. The van der Waals surface area contributed by atoms with Crippen molar-refractivity contribution in [1.29, 1.82) is 0 Å². The van der Waals surface area contributed by atoms with E-state index in [0.29, 0.717) is 22.4 Å². The van der Waals surface area contributed by atoms with E-state index in [-0.39, 0.29) is 17.6 Å². The van der Waals surface area contributed by atoms with E-state index < -0.39 is 0 Å². The van der Waals surface area contributed by atoms with E-state index in [1.165, 1.54) is 32.0 Å². The molecule has 9 heteroatoms. The number of benzene rings is 2. The molecule has 0 fully saturated rings. The molecule has 5 rings (SSSR count). The minimum absolute atomic E-state index is 0.0678. The second-order valence-electron chi connectivity index (χ2n) is 8.98. The molecule has 0 aliphatic rings. The van der Waals surface area contributed by atoms with Crippen LogP contribution >= 0.6 is 11.8 Å². The highest BCUT2D eigenvalue weighted by molar-refractivity contribution is 7.98.